The predicted molar refractivity (Wildman–Crippen MR) is 68.8 cm³/mol. The van der Waals surface area contributed by atoms with Gasteiger partial charge in [-0.1, -0.05) is 6.92 Å². The molecule has 5 nitrogen and oxygen atoms in total. The lowest BCUT2D eigenvalue weighted by molar-refractivity contribution is 0.326. The largest absolute Gasteiger partial charge is 0.343 e. The van der Waals surface area contributed by atoms with E-state index in [1.807, 2.05) is 12.3 Å². The van der Waals surface area contributed by atoms with Gasteiger partial charge >= 0.3 is 0 Å². The van der Waals surface area contributed by atoms with Crippen LogP contribution in [0.15, 0.2) is 18.6 Å². The number of fused-ring (bicyclic) bond motifs is 1. The standard InChI is InChI=1S/C12H19N5/c1-3-13-6-7-17(2)8-10-4-5-14-12-11(10)15-9-16-12/h4-5,9,13H,3,6-8H2,1-2H3,(H,14,15,16). The normalized spacial score (nSPS) is 11.5. The highest BCUT2D eigenvalue weighted by molar-refractivity contribution is 5.73. The number of nitrogens with one attached hydrogen (secondary N) is 2. The molecular weight excluding hydrogens is 214 g/mol. The van der Waals surface area contributed by atoms with Gasteiger partial charge in [-0.3, -0.25) is 0 Å². The molecule has 0 bridgehead atoms. The van der Waals surface area contributed by atoms with Gasteiger partial charge in [-0.25, -0.2) is 9.97 Å². The van der Waals surface area contributed by atoms with Gasteiger partial charge in [-0.05, 0) is 25.2 Å². The second-order valence-electron chi connectivity index (χ2n) is 4.16. The third-order valence-electron chi connectivity index (χ3n) is 2.77. The Bertz CT molecular complexity index is 465. The molecule has 0 aromatic carbocycles. The van der Waals surface area contributed by atoms with Crippen LogP contribution in [0.2, 0.25) is 0 Å². The van der Waals surface area contributed by atoms with Gasteiger partial charge in [-0.2, -0.15) is 0 Å². The maximum absolute atomic E-state index is 4.21. The Balaban J connectivity index is 2.00. The number of hydrogen-bond donors (Lipinski definition) is 2. The second-order valence-corrected chi connectivity index (χ2v) is 4.16. The zero-order valence-electron chi connectivity index (χ0n) is 10.4. The average Bonchev–Trinajstić information content (AvgIpc) is 2.78. The molecule has 0 unspecified atom stereocenters. The molecule has 0 spiro atoms. The van der Waals surface area contributed by atoms with Crippen LogP contribution in [0.25, 0.3) is 11.2 Å². The Morgan fingerprint density at radius 2 is 2.29 bits per heavy atom. The van der Waals surface area contributed by atoms with Crippen LogP contribution in [0.5, 0.6) is 0 Å². The first-order chi connectivity index (χ1) is 8.31. The van der Waals surface area contributed by atoms with Crippen molar-refractivity contribution in [2.45, 2.75) is 13.5 Å². The second kappa shape index (κ2) is 5.75. The molecule has 0 saturated heterocycles. The lowest BCUT2D eigenvalue weighted by atomic mass is 10.2. The fourth-order valence-electron chi connectivity index (χ4n) is 1.85. The van der Waals surface area contributed by atoms with Crippen molar-refractivity contribution in [3.63, 3.8) is 0 Å². The maximum Gasteiger partial charge on any atom is 0.177 e. The van der Waals surface area contributed by atoms with E-state index in [4.69, 9.17) is 0 Å². The number of pyridine rings is 1. The molecule has 2 heterocycles. The lowest BCUT2D eigenvalue weighted by Gasteiger charge is -2.16. The van der Waals surface area contributed by atoms with Crippen LogP contribution in [0.1, 0.15) is 12.5 Å². The van der Waals surface area contributed by atoms with Gasteiger partial charge in [0.15, 0.2) is 5.65 Å². The highest BCUT2D eigenvalue weighted by atomic mass is 15.1. The van der Waals surface area contributed by atoms with Gasteiger partial charge in [0, 0.05) is 25.8 Å². The molecule has 0 amide bonds. The Kier molecular flexibility index (Phi) is 4.06. The van der Waals surface area contributed by atoms with Crippen LogP contribution in [-0.4, -0.2) is 46.5 Å². The van der Waals surface area contributed by atoms with Crippen LogP contribution in [0.3, 0.4) is 0 Å². The summed E-state index contributed by atoms with van der Waals surface area (Å²) < 4.78 is 0. The maximum atomic E-state index is 4.21. The summed E-state index contributed by atoms with van der Waals surface area (Å²) in [6.07, 6.45) is 3.51. The monoisotopic (exact) mass is 233 g/mol. The molecule has 0 saturated carbocycles. The fraction of sp³-hybridized carbons (Fsp3) is 0.500. The van der Waals surface area contributed by atoms with Crippen LogP contribution in [-0.2, 0) is 6.54 Å². The minimum absolute atomic E-state index is 0.794. The molecule has 0 fully saturated rings. The Hall–Kier alpha value is -1.46. The number of H-pyrrole nitrogens is 1. The predicted octanol–water partition coefficient (Wildman–Crippen LogP) is 0.999. The van der Waals surface area contributed by atoms with Gasteiger partial charge in [0.05, 0.1) is 11.8 Å². The highest BCUT2D eigenvalue weighted by Gasteiger charge is 2.06. The fourth-order valence-corrected chi connectivity index (χ4v) is 1.85. The first kappa shape index (κ1) is 12.0. The third-order valence-corrected chi connectivity index (χ3v) is 2.77. The number of aromatic nitrogens is 3. The van der Waals surface area contributed by atoms with Gasteiger partial charge in [0.25, 0.3) is 0 Å². The molecular formula is C12H19N5. The van der Waals surface area contributed by atoms with Crippen LogP contribution >= 0.6 is 0 Å². The zero-order chi connectivity index (χ0) is 12.1. The number of imidazole rings is 1. The number of likely N-dealkylation sites (N-methyl/N-ethyl adjacent to an activating group) is 2. The van der Waals surface area contributed by atoms with Gasteiger partial charge in [0.2, 0.25) is 0 Å². The first-order valence-electron chi connectivity index (χ1n) is 5.97. The molecule has 5 heteroatoms. The summed E-state index contributed by atoms with van der Waals surface area (Å²) in [6, 6.07) is 2.05. The minimum atomic E-state index is 0.794. The molecule has 2 aromatic heterocycles. The van der Waals surface area contributed by atoms with Gasteiger partial charge in [0.1, 0.15) is 0 Å². The van der Waals surface area contributed by atoms with Crippen LogP contribution in [0.4, 0.5) is 0 Å². The quantitative estimate of drug-likeness (QED) is 0.731. The summed E-state index contributed by atoms with van der Waals surface area (Å²) in [4.78, 5) is 13.8. The van der Waals surface area contributed by atoms with E-state index in [1.165, 1.54) is 5.56 Å². The topological polar surface area (TPSA) is 56.8 Å². The number of rotatable bonds is 6. The summed E-state index contributed by atoms with van der Waals surface area (Å²) in [5, 5.41) is 3.32. The minimum Gasteiger partial charge on any atom is -0.343 e. The third kappa shape index (κ3) is 3.01. The number of aromatic amines is 1. The van der Waals surface area contributed by atoms with Crippen molar-refractivity contribution in [3.8, 4) is 0 Å². The zero-order valence-corrected chi connectivity index (χ0v) is 10.4. The van der Waals surface area contributed by atoms with Crippen molar-refractivity contribution in [2.75, 3.05) is 26.7 Å². The van der Waals surface area contributed by atoms with Gasteiger partial charge in [-0.15, -0.1) is 0 Å². The van der Waals surface area contributed by atoms with Crippen molar-refractivity contribution >= 4 is 11.2 Å². The summed E-state index contributed by atoms with van der Waals surface area (Å²) in [6.45, 7) is 6.10. The van der Waals surface area contributed by atoms with Gasteiger partial charge < -0.3 is 15.2 Å². The van der Waals surface area contributed by atoms with E-state index in [0.717, 1.165) is 37.3 Å². The number of nitrogens with zero attached hydrogens (tertiary/aromatic N) is 3. The Morgan fingerprint density at radius 1 is 1.41 bits per heavy atom. The van der Waals surface area contributed by atoms with E-state index in [0.29, 0.717) is 0 Å². The SMILES string of the molecule is CCNCCN(C)Cc1ccnc2nc[nH]c12. The van der Waals surface area contributed by atoms with E-state index in [1.54, 1.807) is 6.33 Å². The van der Waals surface area contributed by atoms with E-state index in [9.17, 15) is 0 Å². The lowest BCUT2D eigenvalue weighted by Crippen LogP contribution is -2.28. The molecule has 2 aromatic rings. The highest BCUT2D eigenvalue weighted by Crippen LogP contribution is 2.13. The first-order valence-corrected chi connectivity index (χ1v) is 5.97. The van der Waals surface area contributed by atoms with E-state index in [2.05, 4.69) is 39.1 Å². The van der Waals surface area contributed by atoms with Crippen molar-refractivity contribution in [1.29, 1.82) is 0 Å². The molecule has 0 aliphatic carbocycles. The van der Waals surface area contributed by atoms with E-state index in [-0.39, 0.29) is 0 Å². The molecule has 92 valence electrons. The molecule has 0 atom stereocenters. The molecule has 17 heavy (non-hydrogen) atoms. The summed E-state index contributed by atoms with van der Waals surface area (Å²) >= 11 is 0. The Labute approximate surface area is 101 Å². The smallest absolute Gasteiger partial charge is 0.177 e. The van der Waals surface area contributed by atoms with Crippen LogP contribution in [0, 0.1) is 0 Å². The molecule has 0 radical (unpaired) electrons. The Morgan fingerprint density at radius 3 is 3.12 bits per heavy atom. The van der Waals surface area contributed by atoms with E-state index < -0.39 is 0 Å². The van der Waals surface area contributed by atoms with Crippen LogP contribution < -0.4 is 5.32 Å². The van der Waals surface area contributed by atoms with Crippen molar-refractivity contribution in [3.05, 3.63) is 24.2 Å². The summed E-state index contributed by atoms with van der Waals surface area (Å²) in [5.41, 5.74) is 3.08. The summed E-state index contributed by atoms with van der Waals surface area (Å²) in [7, 11) is 2.12. The molecule has 2 rings (SSSR count). The molecule has 0 aliphatic heterocycles. The van der Waals surface area contributed by atoms with E-state index >= 15 is 0 Å². The van der Waals surface area contributed by atoms with Crippen molar-refractivity contribution in [1.82, 2.24) is 25.2 Å². The summed E-state index contributed by atoms with van der Waals surface area (Å²) in [5.74, 6) is 0. The average molecular weight is 233 g/mol. The molecule has 2 N–H and O–H groups in total. The number of hydrogen-bond acceptors (Lipinski definition) is 4. The van der Waals surface area contributed by atoms with Crippen molar-refractivity contribution in [2.24, 2.45) is 0 Å². The van der Waals surface area contributed by atoms with Crippen molar-refractivity contribution < 1.29 is 0 Å². The molecule has 0 aliphatic rings.